The zero-order valence-corrected chi connectivity index (χ0v) is 19.1. The number of carbonyl (C=O) groups excluding carboxylic acids is 1. The van der Waals surface area contributed by atoms with Crippen LogP contribution < -0.4 is 16.5 Å². The minimum absolute atomic E-state index is 0.00253. The normalized spacial score (nSPS) is 11.0. The van der Waals surface area contributed by atoms with E-state index in [-0.39, 0.29) is 28.1 Å². The van der Waals surface area contributed by atoms with Gasteiger partial charge in [-0.2, -0.15) is 0 Å². The van der Waals surface area contributed by atoms with Gasteiger partial charge in [-0.1, -0.05) is 36.4 Å². The second kappa shape index (κ2) is 10.3. The van der Waals surface area contributed by atoms with E-state index in [4.69, 9.17) is 5.73 Å². The number of aryl methyl sites for hydroxylation is 3. The number of carbonyl (C=O) groups is 1. The van der Waals surface area contributed by atoms with E-state index in [1.54, 1.807) is 18.5 Å². The molecule has 0 spiro atoms. The Kier molecular flexibility index (Phi) is 7.01. The monoisotopic (exact) mass is 458 g/mol. The van der Waals surface area contributed by atoms with Crippen molar-refractivity contribution in [1.82, 2.24) is 9.55 Å². The number of nitrogen functional groups attached to an aromatic ring is 1. The Balaban J connectivity index is 1.66. The number of anilines is 2. The van der Waals surface area contributed by atoms with Crippen LogP contribution in [0.15, 0.2) is 71.8 Å². The smallest absolute Gasteiger partial charge is 0.202 e. The predicted molar refractivity (Wildman–Crippen MR) is 134 cm³/mol. The van der Waals surface area contributed by atoms with E-state index in [9.17, 15) is 9.59 Å². The van der Waals surface area contributed by atoms with Gasteiger partial charge in [-0.15, -0.1) is 0 Å². The van der Waals surface area contributed by atoms with Crippen molar-refractivity contribution in [2.24, 2.45) is 0 Å². The molecule has 174 valence electrons. The Bertz CT molecular complexity index is 1370. The highest BCUT2D eigenvalue weighted by Gasteiger charge is 2.19. The first-order valence-corrected chi connectivity index (χ1v) is 11.3. The molecule has 34 heavy (non-hydrogen) atoms. The summed E-state index contributed by atoms with van der Waals surface area (Å²) in [5, 5.41) is 3.15. The number of aromatic nitrogens is 2. The van der Waals surface area contributed by atoms with Crippen LogP contribution in [0, 0.1) is 5.82 Å². The molecule has 2 heterocycles. The van der Waals surface area contributed by atoms with Crippen LogP contribution in [-0.2, 0) is 19.4 Å². The van der Waals surface area contributed by atoms with Crippen molar-refractivity contribution in [2.45, 2.75) is 32.7 Å². The first kappa shape index (κ1) is 23.2. The number of fused-ring (bicyclic) bond motifs is 1. The third kappa shape index (κ3) is 4.98. The number of rotatable bonds is 9. The largest absolute Gasteiger partial charge is 0.396 e. The second-order valence-electron chi connectivity index (χ2n) is 8.25. The standard InChI is InChI=1S/C27H27FN4O2/c1-18(33)21-17-32(15-12-19-8-3-2-4-9-19)23-16-22(25(28)26(29)24(23)27(21)34)31-14-7-11-20-10-5-6-13-30-20/h2-6,8-10,13,16-17,31H,7,11-12,14-15,29H2,1H3. The summed E-state index contributed by atoms with van der Waals surface area (Å²) >= 11 is 0. The third-order valence-corrected chi connectivity index (χ3v) is 5.86. The second-order valence-corrected chi connectivity index (χ2v) is 8.25. The first-order chi connectivity index (χ1) is 16.5. The maximum Gasteiger partial charge on any atom is 0.202 e. The van der Waals surface area contributed by atoms with Gasteiger partial charge in [0.15, 0.2) is 11.6 Å². The Morgan fingerprint density at radius 1 is 1.12 bits per heavy atom. The van der Waals surface area contributed by atoms with Crippen molar-refractivity contribution in [3.8, 4) is 0 Å². The highest BCUT2D eigenvalue weighted by molar-refractivity contribution is 6.01. The molecule has 0 atom stereocenters. The summed E-state index contributed by atoms with van der Waals surface area (Å²) in [4.78, 5) is 29.4. The molecule has 0 fully saturated rings. The van der Waals surface area contributed by atoms with Crippen LogP contribution >= 0.6 is 0 Å². The van der Waals surface area contributed by atoms with Gasteiger partial charge >= 0.3 is 0 Å². The molecule has 0 unspecified atom stereocenters. The Morgan fingerprint density at radius 2 is 1.88 bits per heavy atom. The quantitative estimate of drug-likeness (QED) is 0.217. The predicted octanol–water partition coefficient (Wildman–Crippen LogP) is 4.61. The molecule has 0 aliphatic heterocycles. The Labute approximate surface area is 197 Å². The highest BCUT2D eigenvalue weighted by atomic mass is 19.1. The molecule has 4 rings (SSSR count). The zero-order valence-electron chi connectivity index (χ0n) is 19.1. The van der Waals surface area contributed by atoms with Gasteiger partial charge in [-0.05, 0) is 49.9 Å². The van der Waals surface area contributed by atoms with Crippen molar-refractivity contribution in [3.05, 3.63) is 99.9 Å². The van der Waals surface area contributed by atoms with Gasteiger partial charge in [0.25, 0.3) is 0 Å². The van der Waals surface area contributed by atoms with Gasteiger partial charge in [0.1, 0.15) is 0 Å². The number of benzene rings is 2. The van der Waals surface area contributed by atoms with Gasteiger partial charge in [-0.25, -0.2) is 4.39 Å². The van der Waals surface area contributed by atoms with Gasteiger partial charge < -0.3 is 15.6 Å². The summed E-state index contributed by atoms with van der Waals surface area (Å²) < 4.78 is 17.0. The van der Waals surface area contributed by atoms with E-state index >= 15 is 4.39 Å². The number of ketones is 1. The maximum atomic E-state index is 15.1. The number of nitrogens with two attached hydrogens (primary N) is 1. The summed E-state index contributed by atoms with van der Waals surface area (Å²) in [6.45, 7) is 2.34. The molecular weight excluding hydrogens is 431 g/mol. The van der Waals surface area contributed by atoms with Gasteiger partial charge in [0.2, 0.25) is 5.43 Å². The van der Waals surface area contributed by atoms with E-state index in [0.717, 1.165) is 24.1 Å². The molecule has 2 aromatic heterocycles. The summed E-state index contributed by atoms with van der Waals surface area (Å²) in [5.41, 5.74) is 8.13. The van der Waals surface area contributed by atoms with E-state index < -0.39 is 11.2 Å². The Hall–Kier alpha value is -4.00. The van der Waals surface area contributed by atoms with Crippen molar-refractivity contribution in [3.63, 3.8) is 0 Å². The molecular formula is C27H27FN4O2. The number of nitrogens with zero attached hydrogens (tertiary/aromatic N) is 2. The van der Waals surface area contributed by atoms with Crippen molar-refractivity contribution >= 4 is 28.1 Å². The maximum absolute atomic E-state index is 15.1. The lowest BCUT2D eigenvalue weighted by molar-refractivity contribution is 0.101. The van der Waals surface area contributed by atoms with E-state index in [1.807, 2.05) is 53.1 Å². The average Bonchev–Trinajstić information content (AvgIpc) is 2.85. The number of pyridine rings is 2. The SMILES string of the molecule is CC(=O)c1cn(CCc2ccccc2)c2cc(NCCCc3ccccn3)c(F)c(N)c2c1=O. The molecule has 0 bridgehead atoms. The Morgan fingerprint density at radius 3 is 2.59 bits per heavy atom. The van der Waals surface area contributed by atoms with Crippen LogP contribution in [0.4, 0.5) is 15.8 Å². The van der Waals surface area contributed by atoms with Crippen molar-refractivity contribution in [2.75, 3.05) is 17.6 Å². The molecule has 0 aliphatic carbocycles. The molecule has 0 saturated carbocycles. The number of Topliss-reactive ketones (excluding diaryl/α,β-unsaturated/α-hetero) is 1. The molecule has 0 aliphatic rings. The number of halogens is 1. The summed E-state index contributed by atoms with van der Waals surface area (Å²) in [6, 6.07) is 17.2. The summed E-state index contributed by atoms with van der Waals surface area (Å²) in [5.74, 6) is -1.06. The average molecular weight is 459 g/mol. The van der Waals surface area contributed by atoms with Gasteiger partial charge in [-0.3, -0.25) is 14.6 Å². The lowest BCUT2D eigenvalue weighted by atomic mass is 10.0. The summed E-state index contributed by atoms with van der Waals surface area (Å²) in [7, 11) is 0. The topological polar surface area (TPSA) is 90.0 Å². The minimum Gasteiger partial charge on any atom is -0.396 e. The van der Waals surface area contributed by atoms with Crippen LogP contribution in [0.25, 0.3) is 10.9 Å². The fourth-order valence-electron chi connectivity index (χ4n) is 4.05. The molecule has 7 heteroatoms. The fourth-order valence-corrected chi connectivity index (χ4v) is 4.05. The highest BCUT2D eigenvalue weighted by Crippen LogP contribution is 2.29. The number of nitrogens with one attached hydrogen (secondary N) is 1. The molecule has 0 amide bonds. The molecule has 3 N–H and O–H groups in total. The fraction of sp³-hybridized carbons (Fsp3) is 0.222. The molecule has 0 radical (unpaired) electrons. The van der Waals surface area contributed by atoms with Gasteiger partial charge in [0, 0.05) is 31.2 Å². The van der Waals surface area contributed by atoms with Crippen LogP contribution in [0.3, 0.4) is 0 Å². The van der Waals surface area contributed by atoms with Gasteiger partial charge in [0.05, 0.1) is 27.8 Å². The number of hydrogen-bond donors (Lipinski definition) is 2. The van der Waals surface area contributed by atoms with Crippen LogP contribution in [0.2, 0.25) is 0 Å². The van der Waals surface area contributed by atoms with Crippen molar-refractivity contribution in [1.29, 1.82) is 0 Å². The molecule has 6 nitrogen and oxygen atoms in total. The van der Waals surface area contributed by atoms with Crippen molar-refractivity contribution < 1.29 is 9.18 Å². The van der Waals surface area contributed by atoms with Crippen LogP contribution in [-0.4, -0.2) is 21.9 Å². The third-order valence-electron chi connectivity index (χ3n) is 5.86. The number of hydrogen-bond acceptors (Lipinski definition) is 5. The minimum atomic E-state index is -0.683. The van der Waals surface area contributed by atoms with Crippen LogP contribution in [0.5, 0.6) is 0 Å². The lowest BCUT2D eigenvalue weighted by Gasteiger charge is -2.17. The molecule has 0 saturated heterocycles. The zero-order chi connectivity index (χ0) is 24.1. The van der Waals surface area contributed by atoms with Crippen LogP contribution in [0.1, 0.15) is 35.0 Å². The molecule has 4 aromatic rings. The summed E-state index contributed by atoms with van der Waals surface area (Å²) in [6.07, 6.45) is 5.48. The molecule has 2 aromatic carbocycles. The lowest BCUT2D eigenvalue weighted by Crippen LogP contribution is -2.20. The van der Waals surface area contributed by atoms with E-state index in [2.05, 4.69) is 10.3 Å². The van der Waals surface area contributed by atoms with E-state index in [0.29, 0.717) is 25.0 Å². The first-order valence-electron chi connectivity index (χ1n) is 11.3. The van der Waals surface area contributed by atoms with E-state index in [1.165, 1.54) is 6.92 Å².